The van der Waals surface area contributed by atoms with Gasteiger partial charge in [-0.15, -0.1) is 0 Å². The fraction of sp³-hybridized carbons (Fsp3) is 0.290. The summed E-state index contributed by atoms with van der Waals surface area (Å²) in [5.41, 5.74) is 4.95. The Balaban J connectivity index is 1.13. The summed E-state index contributed by atoms with van der Waals surface area (Å²) in [6, 6.07) is 27.2. The van der Waals surface area contributed by atoms with E-state index in [9.17, 15) is 0 Å². The molecule has 1 fully saturated rings. The molecule has 1 aromatic heterocycles. The van der Waals surface area contributed by atoms with Crippen LogP contribution in [0.1, 0.15) is 31.9 Å². The SMILES string of the molecule is CC(C)(C)c1ccc(Oc2cccc(CN3CCN(c4ccc(Nc5ncccn5)cc4)CC3)c2)cc1. The lowest BCUT2D eigenvalue weighted by Crippen LogP contribution is -2.45. The molecule has 1 saturated heterocycles. The van der Waals surface area contributed by atoms with Gasteiger partial charge in [0.2, 0.25) is 5.95 Å². The highest BCUT2D eigenvalue weighted by Gasteiger charge is 2.18. The number of hydrogen-bond donors (Lipinski definition) is 1. The highest BCUT2D eigenvalue weighted by atomic mass is 16.5. The van der Waals surface area contributed by atoms with Crippen LogP contribution in [0.3, 0.4) is 0 Å². The summed E-state index contributed by atoms with van der Waals surface area (Å²) in [5, 5.41) is 3.24. The first kappa shape index (κ1) is 24.8. The number of anilines is 3. The van der Waals surface area contributed by atoms with Gasteiger partial charge in [0.1, 0.15) is 11.5 Å². The van der Waals surface area contributed by atoms with Gasteiger partial charge >= 0.3 is 0 Å². The number of ether oxygens (including phenoxy) is 1. The van der Waals surface area contributed by atoms with Gasteiger partial charge < -0.3 is 15.0 Å². The third-order valence-corrected chi connectivity index (χ3v) is 6.69. The fourth-order valence-corrected chi connectivity index (χ4v) is 4.54. The van der Waals surface area contributed by atoms with E-state index in [1.807, 2.05) is 12.1 Å². The van der Waals surface area contributed by atoms with E-state index >= 15 is 0 Å². The Kier molecular flexibility index (Phi) is 7.37. The zero-order chi connectivity index (χ0) is 25.7. The summed E-state index contributed by atoms with van der Waals surface area (Å²) in [7, 11) is 0. The van der Waals surface area contributed by atoms with Crippen LogP contribution in [0.4, 0.5) is 17.3 Å². The van der Waals surface area contributed by atoms with Crippen molar-refractivity contribution >= 4 is 17.3 Å². The van der Waals surface area contributed by atoms with Crippen LogP contribution in [0.25, 0.3) is 0 Å². The van der Waals surface area contributed by atoms with E-state index in [1.165, 1.54) is 16.8 Å². The molecule has 0 saturated carbocycles. The van der Waals surface area contributed by atoms with Gasteiger partial charge in [-0.3, -0.25) is 4.90 Å². The minimum atomic E-state index is 0.140. The second-order valence-electron chi connectivity index (χ2n) is 10.5. The number of benzene rings is 3. The Hall–Kier alpha value is -3.90. The molecule has 2 heterocycles. The topological polar surface area (TPSA) is 53.5 Å². The van der Waals surface area contributed by atoms with Crippen LogP contribution in [0.15, 0.2) is 91.3 Å². The molecule has 0 aliphatic carbocycles. The highest BCUT2D eigenvalue weighted by molar-refractivity contribution is 5.59. The van der Waals surface area contributed by atoms with E-state index < -0.39 is 0 Å². The summed E-state index contributed by atoms with van der Waals surface area (Å²) in [5.74, 6) is 2.36. The third kappa shape index (κ3) is 6.66. The molecule has 5 rings (SSSR count). The third-order valence-electron chi connectivity index (χ3n) is 6.69. The van der Waals surface area contributed by atoms with E-state index in [1.54, 1.807) is 12.4 Å². The van der Waals surface area contributed by atoms with E-state index in [-0.39, 0.29) is 5.41 Å². The zero-order valence-electron chi connectivity index (χ0n) is 21.9. The molecule has 0 amide bonds. The number of rotatable bonds is 7. The number of piperazine rings is 1. The molecular formula is C31H35N5O. The number of nitrogens with one attached hydrogen (secondary N) is 1. The molecule has 37 heavy (non-hydrogen) atoms. The predicted molar refractivity (Wildman–Crippen MR) is 151 cm³/mol. The van der Waals surface area contributed by atoms with Crippen LogP contribution < -0.4 is 15.0 Å². The van der Waals surface area contributed by atoms with Crippen LogP contribution >= 0.6 is 0 Å². The smallest absolute Gasteiger partial charge is 0.227 e. The summed E-state index contributed by atoms with van der Waals surface area (Å²) < 4.78 is 6.16. The van der Waals surface area contributed by atoms with Crippen LogP contribution in [-0.2, 0) is 12.0 Å². The van der Waals surface area contributed by atoms with Gasteiger partial charge in [0, 0.05) is 56.5 Å². The molecule has 0 unspecified atom stereocenters. The van der Waals surface area contributed by atoms with Gasteiger partial charge in [0.25, 0.3) is 0 Å². The van der Waals surface area contributed by atoms with E-state index in [0.717, 1.165) is 49.9 Å². The quantitative estimate of drug-likeness (QED) is 0.312. The molecule has 1 N–H and O–H groups in total. The second kappa shape index (κ2) is 11.0. The van der Waals surface area contributed by atoms with Crippen molar-refractivity contribution in [2.75, 3.05) is 36.4 Å². The Morgan fingerprint density at radius 2 is 1.49 bits per heavy atom. The Labute approximate surface area is 220 Å². The molecule has 0 atom stereocenters. The molecule has 0 bridgehead atoms. The van der Waals surface area contributed by atoms with Crippen molar-refractivity contribution in [1.82, 2.24) is 14.9 Å². The minimum Gasteiger partial charge on any atom is -0.457 e. The standard InChI is InChI=1S/C31H35N5O/c1-31(2,3)25-8-14-28(15-9-25)37-29-7-4-6-24(22-29)23-35-18-20-36(21-19-35)27-12-10-26(11-13-27)34-30-32-16-5-17-33-30/h4-17,22H,18-21,23H2,1-3H3,(H,32,33,34). The first-order chi connectivity index (χ1) is 17.9. The van der Waals surface area contributed by atoms with Gasteiger partial charge in [-0.25, -0.2) is 9.97 Å². The van der Waals surface area contributed by atoms with Crippen molar-refractivity contribution in [2.45, 2.75) is 32.7 Å². The summed E-state index contributed by atoms with van der Waals surface area (Å²) >= 11 is 0. The van der Waals surface area contributed by atoms with Gasteiger partial charge in [-0.05, 0) is 71.1 Å². The predicted octanol–water partition coefficient (Wildman–Crippen LogP) is 6.63. The molecule has 1 aliphatic rings. The molecule has 3 aromatic carbocycles. The maximum Gasteiger partial charge on any atom is 0.227 e. The fourth-order valence-electron chi connectivity index (χ4n) is 4.54. The van der Waals surface area contributed by atoms with Crippen molar-refractivity contribution in [3.63, 3.8) is 0 Å². The average molecular weight is 494 g/mol. The molecular weight excluding hydrogens is 458 g/mol. The second-order valence-corrected chi connectivity index (χ2v) is 10.5. The maximum atomic E-state index is 6.16. The number of aromatic nitrogens is 2. The average Bonchev–Trinajstić information content (AvgIpc) is 2.90. The van der Waals surface area contributed by atoms with Crippen LogP contribution in [0.2, 0.25) is 0 Å². The van der Waals surface area contributed by atoms with E-state index in [2.05, 4.69) is 113 Å². The van der Waals surface area contributed by atoms with E-state index in [0.29, 0.717) is 5.95 Å². The van der Waals surface area contributed by atoms with Crippen molar-refractivity contribution < 1.29 is 4.74 Å². The Morgan fingerprint density at radius 3 is 2.16 bits per heavy atom. The molecule has 190 valence electrons. The molecule has 0 radical (unpaired) electrons. The molecule has 4 aromatic rings. The van der Waals surface area contributed by atoms with Crippen molar-refractivity contribution in [3.05, 3.63) is 102 Å². The molecule has 6 heteroatoms. The Morgan fingerprint density at radius 1 is 0.784 bits per heavy atom. The maximum absolute atomic E-state index is 6.16. The van der Waals surface area contributed by atoms with Crippen molar-refractivity contribution in [3.8, 4) is 11.5 Å². The lowest BCUT2D eigenvalue weighted by atomic mass is 9.87. The van der Waals surface area contributed by atoms with Gasteiger partial charge in [0.15, 0.2) is 0 Å². The zero-order valence-corrected chi connectivity index (χ0v) is 21.9. The van der Waals surface area contributed by atoms with E-state index in [4.69, 9.17) is 4.74 Å². The number of nitrogens with zero attached hydrogens (tertiary/aromatic N) is 4. The molecule has 1 aliphatic heterocycles. The van der Waals surface area contributed by atoms with Crippen molar-refractivity contribution in [1.29, 1.82) is 0 Å². The molecule has 0 spiro atoms. The van der Waals surface area contributed by atoms with Gasteiger partial charge in [0.05, 0.1) is 0 Å². The highest BCUT2D eigenvalue weighted by Crippen LogP contribution is 2.28. The van der Waals surface area contributed by atoms with Crippen molar-refractivity contribution in [2.24, 2.45) is 0 Å². The summed E-state index contributed by atoms with van der Waals surface area (Å²) in [4.78, 5) is 13.4. The Bertz CT molecular complexity index is 1280. The summed E-state index contributed by atoms with van der Waals surface area (Å²) in [6.45, 7) is 11.7. The first-order valence-electron chi connectivity index (χ1n) is 12.9. The number of hydrogen-bond acceptors (Lipinski definition) is 6. The molecule has 6 nitrogen and oxygen atoms in total. The lowest BCUT2D eigenvalue weighted by molar-refractivity contribution is 0.249. The minimum absolute atomic E-state index is 0.140. The van der Waals surface area contributed by atoms with Crippen LogP contribution in [0, 0.1) is 0 Å². The van der Waals surface area contributed by atoms with Gasteiger partial charge in [-0.1, -0.05) is 45.0 Å². The largest absolute Gasteiger partial charge is 0.457 e. The normalized spacial score (nSPS) is 14.4. The summed E-state index contributed by atoms with van der Waals surface area (Å²) in [6.07, 6.45) is 3.47. The first-order valence-corrected chi connectivity index (χ1v) is 12.9. The monoisotopic (exact) mass is 493 g/mol. The van der Waals surface area contributed by atoms with Gasteiger partial charge in [-0.2, -0.15) is 0 Å². The van der Waals surface area contributed by atoms with Crippen LogP contribution in [-0.4, -0.2) is 41.0 Å². The van der Waals surface area contributed by atoms with Crippen LogP contribution in [0.5, 0.6) is 11.5 Å². The lowest BCUT2D eigenvalue weighted by Gasteiger charge is -2.36.